The van der Waals surface area contributed by atoms with E-state index in [-0.39, 0.29) is 0 Å². The van der Waals surface area contributed by atoms with Crippen LogP contribution >= 0.6 is 0 Å². The predicted octanol–water partition coefficient (Wildman–Crippen LogP) is 1.12. The Balaban J connectivity index is 2.09. The first-order valence-electron chi connectivity index (χ1n) is 4.50. The van der Waals surface area contributed by atoms with Crippen LogP contribution in [0.15, 0.2) is 0 Å². The molecule has 0 aliphatic heterocycles. The summed E-state index contributed by atoms with van der Waals surface area (Å²) < 4.78 is 5.12. The van der Waals surface area contributed by atoms with Crippen LogP contribution in [0.25, 0.3) is 0 Å². The average molecular weight is 157 g/mol. The molecule has 0 amide bonds. The summed E-state index contributed by atoms with van der Waals surface area (Å²) >= 11 is 0. The van der Waals surface area contributed by atoms with Crippen LogP contribution in [0.5, 0.6) is 0 Å². The highest BCUT2D eigenvalue weighted by Crippen LogP contribution is 2.45. The quantitative estimate of drug-likeness (QED) is 0.646. The molecule has 1 saturated carbocycles. The molecule has 66 valence electrons. The molecule has 0 aromatic rings. The van der Waals surface area contributed by atoms with Gasteiger partial charge in [-0.2, -0.15) is 0 Å². The first kappa shape index (κ1) is 9.01. The Morgan fingerprint density at radius 1 is 1.36 bits per heavy atom. The molecule has 3 atom stereocenters. The number of nitrogens with one attached hydrogen (secondary N) is 1. The number of methoxy groups -OCH3 is 1. The van der Waals surface area contributed by atoms with Gasteiger partial charge >= 0.3 is 0 Å². The fourth-order valence-corrected chi connectivity index (χ4v) is 1.75. The maximum absolute atomic E-state index is 5.12. The SMILES string of the molecule is CCNCC1C(C)C1COC. The maximum atomic E-state index is 5.12. The molecule has 2 heteroatoms. The van der Waals surface area contributed by atoms with E-state index in [9.17, 15) is 0 Å². The van der Waals surface area contributed by atoms with E-state index >= 15 is 0 Å². The highest BCUT2D eigenvalue weighted by atomic mass is 16.5. The third-order valence-corrected chi connectivity index (χ3v) is 2.75. The van der Waals surface area contributed by atoms with Gasteiger partial charge in [-0.1, -0.05) is 13.8 Å². The van der Waals surface area contributed by atoms with Crippen LogP contribution in [0, 0.1) is 17.8 Å². The number of rotatable bonds is 5. The lowest BCUT2D eigenvalue weighted by atomic mass is 10.3. The largest absolute Gasteiger partial charge is 0.384 e. The second kappa shape index (κ2) is 4.07. The van der Waals surface area contributed by atoms with Crippen LogP contribution in [0.4, 0.5) is 0 Å². The van der Waals surface area contributed by atoms with Crippen LogP contribution < -0.4 is 5.32 Å². The summed E-state index contributed by atoms with van der Waals surface area (Å²) in [6.07, 6.45) is 0. The fourth-order valence-electron chi connectivity index (χ4n) is 1.75. The summed E-state index contributed by atoms with van der Waals surface area (Å²) in [5, 5.41) is 3.37. The molecular weight excluding hydrogens is 138 g/mol. The Hall–Kier alpha value is -0.0800. The zero-order valence-electron chi connectivity index (χ0n) is 7.76. The Kier molecular flexibility index (Phi) is 3.34. The number of ether oxygens (including phenoxy) is 1. The van der Waals surface area contributed by atoms with E-state index in [1.54, 1.807) is 7.11 Å². The van der Waals surface area contributed by atoms with E-state index in [2.05, 4.69) is 19.2 Å². The van der Waals surface area contributed by atoms with Gasteiger partial charge in [0.15, 0.2) is 0 Å². The Bertz CT molecular complexity index is 116. The molecular formula is C9H19NO. The van der Waals surface area contributed by atoms with Gasteiger partial charge in [-0.25, -0.2) is 0 Å². The molecule has 1 N–H and O–H groups in total. The Morgan fingerprint density at radius 2 is 2.09 bits per heavy atom. The van der Waals surface area contributed by atoms with Crippen LogP contribution in [0.1, 0.15) is 13.8 Å². The number of hydrogen-bond donors (Lipinski definition) is 1. The molecule has 1 aliphatic rings. The summed E-state index contributed by atoms with van der Waals surface area (Å²) in [7, 11) is 1.79. The van der Waals surface area contributed by atoms with Gasteiger partial charge in [0, 0.05) is 13.7 Å². The molecule has 0 saturated heterocycles. The van der Waals surface area contributed by atoms with Gasteiger partial charge in [0.25, 0.3) is 0 Å². The second-order valence-electron chi connectivity index (χ2n) is 3.45. The smallest absolute Gasteiger partial charge is 0.0496 e. The van der Waals surface area contributed by atoms with Crippen molar-refractivity contribution >= 4 is 0 Å². The van der Waals surface area contributed by atoms with Gasteiger partial charge in [0.1, 0.15) is 0 Å². The minimum Gasteiger partial charge on any atom is -0.384 e. The zero-order valence-corrected chi connectivity index (χ0v) is 7.76. The van der Waals surface area contributed by atoms with E-state index in [1.807, 2.05) is 0 Å². The molecule has 0 heterocycles. The van der Waals surface area contributed by atoms with Crippen LogP contribution in [-0.2, 0) is 4.74 Å². The zero-order chi connectivity index (χ0) is 8.27. The third kappa shape index (κ3) is 2.17. The molecule has 3 unspecified atom stereocenters. The molecule has 0 bridgehead atoms. The van der Waals surface area contributed by atoms with Crippen LogP contribution in [-0.4, -0.2) is 26.8 Å². The van der Waals surface area contributed by atoms with Gasteiger partial charge in [-0.05, 0) is 30.8 Å². The second-order valence-corrected chi connectivity index (χ2v) is 3.45. The van der Waals surface area contributed by atoms with Gasteiger partial charge in [-0.3, -0.25) is 0 Å². The Morgan fingerprint density at radius 3 is 2.64 bits per heavy atom. The topological polar surface area (TPSA) is 21.3 Å². The predicted molar refractivity (Wildman–Crippen MR) is 46.6 cm³/mol. The minimum atomic E-state index is 0.819. The lowest BCUT2D eigenvalue weighted by Crippen LogP contribution is -2.17. The molecule has 1 aliphatic carbocycles. The molecule has 11 heavy (non-hydrogen) atoms. The molecule has 1 fully saturated rings. The average Bonchev–Trinajstić information content (AvgIpc) is 2.59. The fraction of sp³-hybridized carbons (Fsp3) is 1.00. The summed E-state index contributed by atoms with van der Waals surface area (Å²) in [5.41, 5.74) is 0. The molecule has 1 rings (SSSR count). The van der Waals surface area contributed by atoms with Crippen LogP contribution in [0.2, 0.25) is 0 Å². The molecule has 0 spiro atoms. The van der Waals surface area contributed by atoms with Crippen molar-refractivity contribution < 1.29 is 4.74 Å². The summed E-state index contributed by atoms with van der Waals surface area (Å²) in [6.45, 7) is 7.66. The normalized spacial score (nSPS) is 35.7. The summed E-state index contributed by atoms with van der Waals surface area (Å²) in [6, 6.07) is 0. The summed E-state index contributed by atoms with van der Waals surface area (Å²) in [4.78, 5) is 0. The monoisotopic (exact) mass is 157 g/mol. The lowest BCUT2D eigenvalue weighted by molar-refractivity contribution is 0.178. The molecule has 0 aromatic carbocycles. The standard InChI is InChI=1S/C9H19NO/c1-4-10-5-8-7(2)9(8)6-11-3/h7-10H,4-6H2,1-3H3. The van der Waals surface area contributed by atoms with Crippen molar-refractivity contribution in [1.29, 1.82) is 0 Å². The highest BCUT2D eigenvalue weighted by molar-refractivity contribution is 4.94. The number of hydrogen-bond acceptors (Lipinski definition) is 2. The van der Waals surface area contributed by atoms with E-state index in [4.69, 9.17) is 4.74 Å². The maximum Gasteiger partial charge on any atom is 0.0496 e. The van der Waals surface area contributed by atoms with Gasteiger partial charge < -0.3 is 10.1 Å². The summed E-state index contributed by atoms with van der Waals surface area (Å²) in [5.74, 6) is 2.56. The van der Waals surface area contributed by atoms with Crippen molar-refractivity contribution in [3.8, 4) is 0 Å². The third-order valence-electron chi connectivity index (χ3n) is 2.75. The molecule has 2 nitrogen and oxygen atoms in total. The van der Waals surface area contributed by atoms with Gasteiger partial charge in [0.05, 0.1) is 0 Å². The van der Waals surface area contributed by atoms with E-state index in [0.717, 1.165) is 30.9 Å². The first-order valence-corrected chi connectivity index (χ1v) is 4.50. The molecule has 0 radical (unpaired) electrons. The van der Waals surface area contributed by atoms with Crippen molar-refractivity contribution in [3.05, 3.63) is 0 Å². The van der Waals surface area contributed by atoms with Gasteiger partial charge in [-0.15, -0.1) is 0 Å². The van der Waals surface area contributed by atoms with Gasteiger partial charge in [0.2, 0.25) is 0 Å². The van der Waals surface area contributed by atoms with Crippen molar-refractivity contribution in [2.75, 3.05) is 26.8 Å². The first-order chi connectivity index (χ1) is 5.31. The minimum absolute atomic E-state index is 0.819. The molecule has 0 aromatic heterocycles. The van der Waals surface area contributed by atoms with Crippen molar-refractivity contribution in [1.82, 2.24) is 5.32 Å². The van der Waals surface area contributed by atoms with Crippen molar-refractivity contribution in [3.63, 3.8) is 0 Å². The Labute approximate surface area is 69.3 Å². The highest BCUT2D eigenvalue weighted by Gasteiger charge is 2.45. The van der Waals surface area contributed by atoms with E-state index in [1.165, 1.54) is 6.54 Å². The van der Waals surface area contributed by atoms with E-state index < -0.39 is 0 Å². The van der Waals surface area contributed by atoms with Crippen molar-refractivity contribution in [2.24, 2.45) is 17.8 Å². The van der Waals surface area contributed by atoms with Crippen LogP contribution in [0.3, 0.4) is 0 Å². The van der Waals surface area contributed by atoms with E-state index in [0.29, 0.717) is 0 Å². The lowest BCUT2D eigenvalue weighted by Gasteiger charge is -1.98. The van der Waals surface area contributed by atoms with Crippen molar-refractivity contribution in [2.45, 2.75) is 13.8 Å².